The number of halogens is 2. The summed E-state index contributed by atoms with van der Waals surface area (Å²) in [6.07, 6.45) is 3.21. The number of benzene rings is 2. The summed E-state index contributed by atoms with van der Waals surface area (Å²) in [7, 11) is 0. The number of aryl methyl sites for hydroxylation is 1. The quantitative estimate of drug-likeness (QED) is 0.282. The number of aromatic nitrogens is 5. The molecule has 0 saturated carbocycles. The van der Waals surface area contributed by atoms with E-state index in [2.05, 4.69) is 20.6 Å². The van der Waals surface area contributed by atoms with E-state index >= 15 is 0 Å². The van der Waals surface area contributed by atoms with Crippen LogP contribution in [0.25, 0.3) is 27.7 Å². The Labute approximate surface area is 244 Å². The number of Topliss-reactive ketones (excluding diaryl/α,β-unsaturated/α-hetero) is 1. The molecule has 2 aromatic carbocycles. The first-order valence-electron chi connectivity index (χ1n) is 13.7. The molecule has 0 radical (unpaired) electrons. The van der Waals surface area contributed by atoms with Crippen molar-refractivity contribution in [2.24, 2.45) is 0 Å². The van der Waals surface area contributed by atoms with E-state index in [1.165, 1.54) is 28.6 Å². The number of hydrogen-bond donors (Lipinski definition) is 1. The van der Waals surface area contributed by atoms with Gasteiger partial charge in [0.05, 0.1) is 24.6 Å². The maximum Gasteiger partial charge on any atom is 0.248 e. The molecule has 0 bridgehead atoms. The first kappa shape index (κ1) is 27.9. The summed E-state index contributed by atoms with van der Waals surface area (Å²) in [5.41, 5.74) is 3.40. The molecule has 4 heterocycles. The SMILES string of the molecule is CC(=O)c1cn(CC(=O)N2CC(F)CC2C(=O)Nc2cc(C)nn2-c2ccccc2F)c2ccc(-c3ccnnc3)cc12. The molecule has 1 N–H and O–H groups in total. The minimum absolute atomic E-state index is 0.137. The molecular weight excluding hydrogens is 556 g/mol. The van der Waals surface area contributed by atoms with Gasteiger partial charge in [-0.05, 0) is 49.7 Å². The van der Waals surface area contributed by atoms with Gasteiger partial charge in [-0.3, -0.25) is 14.4 Å². The van der Waals surface area contributed by atoms with Gasteiger partial charge in [0.15, 0.2) is 5.78 Å². The molecule has 0 spiro atoms. The smallest absolute Gasteiger partial charge is 0.248 e. The fourth-order valence-electron chi connectivity index (χ4n) is 5.50. The third-order valence-corrected chi connectivity index (χ3v) is 7.52. The second kappa shape index (κ2) is 11.2. The van der Waals surface area contributed by atoms with Gasteiger partial charge in [0.1, 0.15) is 36.1 Å². The Hall–Kier alpha value is -5.26. The Balaban J connectivity index is 1.26. The first-order chi connectivity index (χ1) is 20.7. The second-order valence-corrected chi connectivity index (χ2v) is 10.5. The first-order valence-corrected chi connectivity index (χ1v) is 13.7. The average Bonchev–Trinajstić information content (AvgIpc) is 3.68. The van der Waals surface area contributed by atoms with Crippen LogP contribution in [0.5, 0.6) is 0 Å². The maximum absolute atomic E-state index is 14.7. The average molecular weight is 584 g/mol. The van der Waals surface area contributed by atoms with E-state index < -0.39 is 29.8 Å². The third-order valence-electron chi connectivity index (χ3n) is 7.52. The maximum atomic E-state index is 14.7. The zero-order valence-electron chi connectivity index (χ0n) is 23.4. The van der Waals surface area contributed by atoms with Gasteiger partial charge in [0.25, 0.3) is 0 Å². The van der Waals surface area contributed by atoms with Crippen LogP contribution in [0.4, 0.5) is 14.6 Å². The van der Waals surface area contributed by atoms with Crippen molar-refractivity contribution in [2.45, 2.75) is 39.0 Å². The van der Waals surface area contributed by atoms with E-state index in [0.717, 1.165) is 11.1 Å². The number of nitrogens with one attached hydrogen (secondary N) is 1. The van der Waals surface area contributed by atoms with E-state index in [1.807, 2.05) is 18.2 Å². The molecule has 1 saturated heterocycles. The molecule has 3 aromatic heterocycles. The minimum atomic E-state index is -1.40. The van der Waals surface area contributed by atoms with Crippen LogP contribution in [0.15, 0.2) is 73.2 Å². The number of anilines is 1. The number of nitrogens with zero attached hydrogens (tertiary/aromatic N) is 6. The highest BCUT2D eigenvalue weighted by atomic mass is 19.1. The van der Waals surface area contributed by atoms with Crippen molar-refractivity contribution in [3.05, 3.63) is 90.3 Å². The van der Waals surface area contributed by atoms with Gasteiger partial charge in [-0.2, -0.15) is 15.3 Å². The number of fused-ring (bicyclic) bond motifs is 1. The molecule has 1 aliphatic heterocycles. The van der Waals surface area contributed by atoms with Crippen molar-refractivity contribution in [1.82, 2.24) is 29.4 Å². The van der Waals surface area contributed by atoms with Crippen molar-refractivity contribution >= 4 is 34.3 Å². The molecule has 1 fully saturated rings. The minimum Gasteiger partial charge on any atom is -0.337 e. The van der Waals surface area contributed by atoms with E-state index in [0.29, 0.717) is 22.2 Å². The summed E-state index contributed by atoms with van der Waals surface area (Å²) in [6.45, 7) is 2.69. The van der Waals surface area contributed by atoms with E-state index in [1.54, 1.807) is 54.3 Å². The van der Waals surface area contributed by atoms with Crippen molar-refractivity contribution < 1.29 is 23.2 Å². The lowest BCUT2D eigenvalue weighted by Gasteiger charge is -2.24. The number of para-hydroxylation sites is 1. The van der Waals surface area contributed by atoms with Gasteiger partial charge in [-0.1, -0.05) is 18.2 Å². The molecule has 0 aliphatic carbocycles. The Bertz CT molecular complexity index is 1870. The largest absolute Gasteiger partial charge is 0.337 e. The summed E-state index contributed by atoms with van der Waals surface area (Å²) in [5, 5.41) is 15.4. The molecule has 10 nitrogen and oxygen atoms in total. The van der Waals surface area contributed by atoms with Crippen LogP contribution in [0.2, 0.25) is 0 Å². The van der Waals surface area contributed by atoms with Gasteiger partial charge < -0.3 is 14.8 Å². The lowest BCUT2D eigenvalue weighted by atomic mass is 10.0. The summed E-state index contributed by atoms with van der Waals surface area (Å²) in [6, 6.07) is 13.8. The van der Waals surface area contributed by atoms with Crippen LogP contribution < -0.4 is 5.32 Å². The molecular formula is C31H27F2N7O3. The van der Waals surface area contributed by atoms with Crippen LogP contribution in [0.3, 0.4) is 0 Å². The zero-order chi connectivity index (χ0) is 30.2. The van der Waals surface area contributed by atoms with Gasteiger partial charge in [0, 0.05) is 40.7 Å². The van der Waals surface area contributed by atoms with Crippen LogP contribution >= 0.6 is 0 Å². The highest BCUT2D eigenvalue weighted by molar-refractivity contribution is 6.08. The van der Waals surface area contributed by atoms with Crippen LogP contribution in [-0.4, -0.2) is 65.8 Å². The van der Waals surface area contributed by atoms with Gasteiger partial charge in [-0.15, -0.1) is 0 Å². The number of amides is 2. The molecule has 5 aromatic rings. The molecule has 1 aliphatic rings. The molecule has 218 valence electrons. The number of rotatable bonds is 7. The number of hydrogen-bond acceptors (Lipinski definition) is 6. The molecule has 2 atom stereocenters. The number of likely N-dealkylation sites (tertiary alicyclic amines) is 1. The van der Waals surface area contributed by atoms with Crippen molar-refractivity contribution in [3.63, 3.8) is 0 Å². The number of carbonyl (C=O) groups is 3. The van der Waals surface area contributed by atoms with Crippen molar-refractivity contribution in [1.29, 1.82) is 0 Å². The van der Waals surface area contributed by atoms with Gasteiger partial charge in [-0.25, -0.2) is 13.5 Å². The molecule has 2 unspecified atom stereocenters. The van der Waals surface area contributed by atoms with E-state index in [9.17, 15) is 23.2 Å². The number of alkyl halides is 1. The summed E-state index contributed by atoms with van der Waals surface area (Å²) < 4.78 is 32.1. The lowest BCUT2D eigenvalue weighted by Crippen LogP contribution is -2.44. The van der Waals surface area contributed by atoms with E-state index in [4.69, 9.17) is 0 Å². The van der Waals surface area contributed by atoms with Crippen LogP contribution in [0, 0.1) is 12.7 Å². The van der Waals surface area contributed by atoms with Crippen molar-refractivity contribution in [2.75, 3.05) is 11.9 Å². The normalized spacial score (nSPS) is 16.5. The molecule has 6 rings (SSSR count). The summed E-state index contributed by atoms with van der Waals surface area (Å²) in [4.78, 5) is 40.7. The Morgan fingerprint density at radius 2 is 1.86 bits per heavy atom. The predicted molar refractivity (Wildman–Crippen MR) is 155 cm³/mol. The monoisotopic (exact) mass is 583 g/mol. The number of ketones is 1. The Morgan fingerprint density at radius 3 is 2.60 bits per heavy atom. The zero-order valence-corrected chi connectivity index (χ0v) is 23.4. The van der Waals surface area contributed by atoms with Gasteiger partial charge >= 0.3 is 0 Å². The molecule has 43 heavy (non-hydrogen) atoms. The highest BCUT2D eigenvalue weighted by Crippen LogP contribution is 2.29. The van der Waals surface area contributed by atoms with E-state index in [-0.39, 0.29) is 36.8 Å². The van der Waals surface area contributed by atoms with Crippen molar-refractivity contribution in [3.8, 4) is 16.8 Å². The van der Waals surface area contributed by atoms with Crippen LogP contribution in [-0.2, 0) is 16.1 Å². The van der Waals surface area contributed by atoms with Crippen LogP contribution in [0.1, 0.15) is 29.4 Å². The summed E-state index contributed by atoms with van der Waals surface area (Å²) in [5.74, 6) is -1.59. The summed E-state index contributed by atoms with van der Waals surface area (Å²) >= 11 is 0. The topological polar surface area (TPSA) is 115 Å². The lowest BCUT2D eigenvalue weighted by molar-refractivity contribution is -0.137. The predicted octanol–water partition coefficient (Wildman–Crippen LogP) is 4.51. The standard InChI is InChI=1S/C31H27F2N7O3/c1-18-11-29(40(37-18)27-6-4-3-5-25(27)33)36-31(43)28-13-22(32)15-39(28)30(42)17-38-16-24(19(2)41)23-12-20(7-8-26(23)38)21-9-10-34-35-14-21/h3-12,14,16,22,28H,13,15,17H2,1-2H3,(H,36,43). The fraction of sp³-hybridized carbons (Fsp3) is 0.226. The second-order valence-electron chi connectivity index (χ2n) is 10.5. The fourth-order valence-corrected chi connectivity index (χ4v) is 5.50. The Kier molecular flexibility index (Phi) is 7.26. The molecule has 12 heteroatoms. The highest BCUT2D eigenvalue weighted by Gasteiger charge is 2.40. The number of carbonyl (C=O) groups excluding carboxylic acids is 3. The van der Waals surface area contributed by atoms with Gasteiger partial charge in [0.2, 0.25) is 11.8 Å². The third kappa shape index (κ3) is 5.39. The Morgan fingerprint density at radius 1 is 1.05 bits per heavy atom. The molecule has 2 amide bonds.